The average molecular weight is 183 g/mol. The molecule has 0 unspecified atom stereocenters. The van der Waals surface area contributed by atoms with E-state index in [2.05, 4.69) is 19.2 Å². The van der Waals surface area contributed by atoms with Crippen molar-refractivity contribution in [2.45, 2.75) is 32.7 Å². The molecule has 0 spiro atoms. The molecule has 0 aromatic heterocycles. The summed E-state index contributed by atoms with van der Waals surface area (Å²) in [6.07, 6.45) is 2.58. The molecule has 3 saturated carbocycles. The van der Waals surface area contributed by atoms with Gasteiger partial charge in [0, 0.05) is 12.6 Å². The van der Waals surface area contributed by atoms with Crippen LogP contribution in [0.4, 0.5) is 0 Å². The maximum Gasteiger partial charge on any atom is 0.0474 e. The quantitative estimate of drug-likeness (QED) is 0.675. The highest BCUT2D eigenvalue weighted by Gasteiger charge is 2.56. The Bertz CT molecular complexity index is 202. The molecule has 3 aliphatic rings. The Labute approximate surface area is 80.7 Å². The summed E-state index contributed by atoms with van der Waals surface area (Å²) in [5.74, 6) is 2.15. The minimum Gasteiger partial charge on any atom is -0.396 e. The Balaban J connectivity index is 2.13. The van der Waals surface area contributed by atoms with Crippen LogP contribution in [0, 0.1) is 23.2 Å². The first kappa shape index (κ1) is 9.47. The van der Waals surface area contributed by atoms with E-state index in [-0.39, 0.29) is 0 Å². The summed E-state index contributed by atoms with van der Waals surface area (Å²) in [7, 11) is 2.03. The molecule has 0 amide bonds. The van der Waals surface area contributed by atoms with E-state index in [1.165, 1.54) is 12.8 Å². The lowest BCUT2D eigenvalue weighted by Gasteiger charge is -2.62. The maximum atomic E-state index is 9.26. The SMILES string of the molecule is CN[C@H]1[C@@H](CO)C[C@H]2C[C@@H]1C2(C)C. The van der Waals surface area contributed by atoms with Crippen LogP contribution in [-0.2, 0) is 0 Å². The second kappa shape index (κ2) is 2.96. The summed E-state index contributed by atoms with van der Waals surface area (Å²) in [6, 6.07) is 0.546. The van der Waals surface area contributed by atoms with Gasteiger partial charge < -0.3 is 10.4 Å². The maximum absolute atomic E-state index is 9.26. The number of aliphatic hydroxyl groups is 1. The Morgan fingerprint density at radius 2 is 2.08 bits per heavy atom. The summed E-state index contributed by atoms with van der Waals surface area (Å²) in [4.78, 5) is 0. The van der Waals surface area contributed by atoms with Crippen molar-refractivity contribution in [3.05, 3.63) is 0 Å². The molecule has 2 bridgehead atoms. The number of hydrogen-bond acceptors (Lipinski definition) is 2. The van der Waals surface area contributed by atoms with E-state index in [0.717, 1.165) is 11.8 Å². The average Bonchev–Trinajstić information content (AvgIpc) is 2.16. The third-order valence-electron chi connectivity index (χ3n) is 4.64. The fourth-order valence-electron chi connectivity index (χ4n) is 3.53. The Hall–Kier alpha value is -0.0800. The third-order valence-corrected chi connectivity index (χ3v) is 4.64. The van der Waals surface area contributed by atoms with Gasteiger partial charge in [0.25, 0.3) is 0 Å². The molecule has 0 aliphatic heterocycles. The Morgan fingerprint density at radius 1 is 1.38 bits per heavy atom. The molecule has 76 valence electrons. The fraction of sp³-hybridized carbons (Fsp3) is 1.00. The van der Waals surface area contributed by atoms with Crippen LogP contribution in [0.25, 0.3) is 0 Å². The van der Waals surface area contributed by atoms with Crippen LogP contribution in [0.3, 0.4) is 0 Å². The van der Waals surface area contributed by atoms with Crippen LogP contribution < -0.4 is 5.32 Å². The van der Waals surface area contributed by atoms with Crippen LogP contribution in [0.2, 0.25) is 0 Å². The zero-order valence-corrected chi connectivity index (χ0v) is 8.88. The van der Waals surface area contributed by atoms with Crippen molar-refractivity contribution in [3.63, 3.8) is 0 Å². The summed E-state index contributed by atoms with van der Waals surface area (Å²) < 4.78 is 0. The Kier molecular flexibility index (Phi) is 2.16. The van der Waals surface area contributed by atoms with Gasteiger partial charge in [-0.15, -0.1) is 0 Å². The predicted molar refractivity (Wildman–Crippen MR) is 53.4 cm³/mol. The van der Waals surface area contributed by atoms with Gasteiger partial charge in [-0.1, -0.05) is 13.8 Å². The van der Waals surface area contributed by atoms with Crippen LogP contribution in [0.15, 0.2) is 0 Å². The number of aliphatic hydroxyl groups excluding tert-OH is 1. The topological polar surface area (TPSA) is 32.3 Å². The van der Waals surface area contributed by atoms with Gasteiger partial charge in [-0.25, -0.2) is 0 Å². The van der Waals surface area contributed by atoms with E-state index >= 15 is 0 Å². The predicted octanol–water partition coefficient (Wildman–Crippen LogP) is 1.25. The van der Waals surface area contributed by atoms with Crippen LogP contribution in [0.5, 0.6) is 0 Å². The van der Waals surface area contributed by atoms with Gasteiger partial charge in [0.15, 0.2) is 0 Å². The van der Waals surface area contributed by atoms with Gasteiger partial charge >= 0.3 is 0 Å². The Morgan fingerprint density at radius 3 is 2.54 bits per heavy atom. The zero-order chi connectivity index (χ0) is 9.64. The largest absolute Gasteiger partial charge is 0.396 e. The number of nitrogens with one attached hydrogen (secondary N) is 1. The highest BCUT2D eigenvalue weighted by Crippen LogP contribution is 2.60. The van der Waals surface area contributed by atoms with Crippen molar-refractivity contribution in [3.8, 4) is 0 Å². The molecular weight excluding hydrogens is 162 g/mol. The monoisotopic (exact) mass is 183 g/mol. The lowest BCUT2D eigenvalue weighted by atomic mass is 9.45. The molecule has 0 aromatic carbocycles. The van der Waals surface area contributed by atoms with Crippen LogP contribution in [0.1, 0.15) is 26.7 Å². The summed E-state index contributed by atoms with van der Waals surface area (Å²) in [5, 5.41) is 12.6. The molecule has 2 heteroatoms. The first-order valence-electron chi connectivity index (χ1n) is 5.39. The first-order chi connectivity index (χ1) is 6.11. The summed E-state index contributed by atoms with van der Waals surface area (Å²) in [5.41, 5.74) is 0.513. The molecule has 2 N–H and O–H groups in total. The van der Waals surface area contributed by atoms with E-state index in [4.69, 9.17) is 0 Å². The van der Waals surface area contributed by atoms with Gasteiger partial charge in [0.2, 0.25) is 0 Å². The van der Waals surface area contributed by atoms with E-state index < -0.39 is 0 Å². The molecule has 0 aromatic rings. The lowest BCUT2D eigenvalue weighted by Crippen LogP contribution is -2.62. The van der Waals surface area contributed by atoms with Gasteiger partial charge in [-0.05, 0) is 43.1 Å². The second-order valence-electron chi connectivity index (χ2n) is 5.35. The molecule has 3 rings (SSSR count). The molecule has 0 heterocycles. The van der Waals surface area contributed by atoms with Crippen molar-refractivity contribution in [1.82, 2.24) is 5.32 Å². The molecule has 3 aliphatic carbocycles. The van der Waals surface area contributed by atoms with E-state index in [1.54, 1.807) is 0 Å². The van der Waals surface area contributed by atoms with Crippen molar-refractivity contribution in [2.75, 3.05) is 13.7 Å². The summed E-state index contributed by atoms with van der Waals surface area (Å²) >= 11 is 0. The highest BCUT2D eigenvalue weighted by atomic mass is 16.3. The molecule has 0 saturated heterocycles. The van der Waals surface area contributed by atoms with E-state index in [1.807, 2.05) is 7.05 Å². The minimum atomic E-state index is 0.356. The van der Waals surface area contributed by atoms with Crippen molar-refractivity contribution >= 4 is 0 Å². The molecule has 4 atom stereocenters. The molecule has 0 radical (unpaired) electrons. The molecule has 13 heavy (non-hydrogen) atoms. The molecule has 3 fully saturated rings. The van der Waals surface area contributed by atoms with Crippen molar-refractivity contribution in [1.29, 1.82) is 0 Å². The smallest absolute Gasteiger partial charge is 0.0474 e. The molecule has 2 nitrogen and oxygen atoms in total. The standard InChI is InChI=1S/C11H21NO/c1-11(2)8-4-7(6-13)10(12-3)9(11)5-8/h7-10,12-13H,4-6H2,1-3H3/t7-,8+,9+,10+/m1/s1. The zero-order valence-electron chi connectivity index (χ0n) is 8.88. The number of fused-ring (bicyclic) bond motifs is 2. The molecular formula is C11H21NO. The second-order valence-corrected chi connectivity index (χ2v) is 5.35. The van der Waals surface area contributed by atoms with Crippen LogP contribution in [-0.4, -0.2) is 24.8 Å². The fourth-order valence-corrected chi connectivity index (χ4v) is 3.53. The van der Waals surface area contributed by atoms with E-state index in [9.17, 15) is 5.11 Å². The third kappa shape index (κ3) is 1.15. The number of rotatable bonds is 2. The number of hydrogen-bond donors (Lipinski definition) is 2. The highest BCUT2D eigenvalue weighted by molar-refractivity contribution is 5.08. The van der Waals surface area contributed by atoms with E-state index in [0.29, 0.717) is 24.0 Å². The summed E-state index contributed by atoms with van der Waals surface area (Å²) in [6.45, 7) is 5.11. The van der Waals surface area contributed by atoms with Gasteiger partial charge in [-0.3, -0.25) is 0 Å². The minimum absolute atomic E-state index is 0.356. The lowest BCUT2D eigenvalue weighted by molar-refractivity contribution is -0.120. The first-order valence-corrected chi connectivity index (χ1v) is 5.39. The van der Waals surface area contributed by atoms with Crippen molar-refractivity contribution < 1.29 is 5.11 Å². The van der Waals surface area contributed by atoms with Gasteiger partial charge in [-0.2, -0.15) is 0 Å². The van der Waals surface area contributed by atoms with Crippen molar-refractivity contribution in [2.24, 2.45) is 23.2 Å². The van der Waals surface area contributed by atoms with Gasteiger partial charge in [0.1, 0.15) is 0 Å². The van der Waals surface area contributed by atoms with Crippen LogP contribution >= 0.6 is 0 Å². The normalized spacial score (nSPS) is 47.1. The van der Waals surface area contributed by atoms with Gasteiger partial charge in [0.05, 0.1) is 0 Å².